The minimum atomic E-state index is -0.0138. The number of carbonyl (C=O) groups is 1. The summed E-state index contributed by atoms with van der Waals surface area (Å²) in [5, 5.41) is 3.48. The van der Waals surface area contributed by atoms with Crippen LogP contribution in [-0.2, 0) is 4.79 Å². The van der Waals surface area contributed by atoms with Crippen molar-refractivity contribution in [3.8, 4) is 0 Å². The summed E-state index contributed by atoms with van der Waals surface area (Å²) >= 11 is 0. The third-order valence-electron chi connectivity index (χ3n) is 3.69. The van der Waals surface area contributed by atoms with Gasteiger partial charge in [-0.15, -0.1) is 0 Å². The van der Waals surface area contributed by atoms with Gasteiger partial charge >= 0.3 is 0 Å². The Morgan fingerprint density at radius 1 is 1.37 bits per heavy atom. The highest BCUT2D eigenvalue weighted by molar-refractivity contribution is 5.84. The van der Waals surface area contributed by atoms with E-state index in [4.69, 9.17) is 0 Å². The number of amides is 1. The second kappa shape index (κ2) is 6.23. The van der Waals surface area contributed by atoms with Crippen LogP contribution in [0.1, 0.15) is 41.0 Å². The van der Waals surface area contributed by atoms with E-state index in [1.165, 1.54) is 0 Å². The van der Waals surface area contributed by atoms with Gasteiger partial charge in [-0.05, 0) is 31.8 Å². The van der Waals surface area contributed by atoms with Crippen LogP contribution in [0.4, 0.5) is 0 Å². The molecule has 0 radical (unpaired) electrons. The summed E-state index contributed by atoms with van der Waals surface area (Å²) in [6.45, 7) is 12.6. The first-order chi connectivity index (χ1) is 8.68. The first kappa shape index (κ1) is 16.4. The summed E-state index contributed by atoms with van der Waals surface area (Å²) in [6.07, 6.45) is 1.16. The van der Waals surface area contributed by atoms with Gasteiger partial charge in [-0.1, -0.05) is 34.6 Å². The van der Waals surface area contributed by atoms with Crippen molar-refractivity contribution in [2.45, 2.75) is 53.2 Å². The van der Waals surface area contributed by atoms with Crippen LogP contribution in [0.3, 0.4) is 0 Å². The minimum Gasteiger partial charge on any atom is -0.325 e. The average molecular weight is 269 g/mol. The van der Waals surface area contributed by atoms with Gasteiger partial charge in [0.1, 0.15) is 0 Å². The second-order valence-electron chi connectivity index (χ2n) is 7.18. The van der Waals surface area contributed by atoms with Gasteiger partial charge in [0.2, 0.25) is 5.91 Å². The largest absolute Gasteiger partial charge is 0.325 e. The van der Waals surface area contributed by atoms with Crippen LogP contribution in [-0.4, -0.2) is 55.1 Å². The molecule has 0 aliphatic carbocycles. The molecular weight excluding hydrogens is 238 g/mol. The number of nitrogens with one attached hydrogen (secondary N) is 1. The Labute approximate surface area is 118 Å². The van der Waals surface area contributed by atoms with Crippen LogP contribution in [0.5, 0.6) is 0 Å². The van der Waals surface area contributed by atoms with E-state index in [2.05, 4.69) is 58.9 Å². The highest BCUT2D eigenvalue weighted by Gasteiger charge is 2.41. The summed E-state index contributed by atoms with van der Waals surface area (Å²) in [6, 6.07) is -0.0138. The van der Waals surface area contributed by atoms with Crippen LogP contribution in [0.25, 0.3) is 0 Å². The summed E-state index contributed by atoms with van der Waals surface area (Å²) in [4.78, 5) is 16.8. The second-order valence-corrected chi connectivity index (χ2v) is 7.18. The molecule has 19 heavy (non-hydrogen) atoms. The molecule has 1 amide bonds. The van der Waals surface area contributed by atoms with Crippen LogP contribution in [0, 0.1) is 11.3 Å². The van der Waals surface area contributed by atoms with Crippen molar-refractivity contribution in [2.75, 3.05) is 27.2 Å². The topological polar surface area (TPSA) is 35.6 Å². The van der Waals surface area contributed by atoms with Gasteiger partial charge in [0.25, 0.3) is 0 Å². The van der Waals surface area contributed by atoms with Crippen LogP contribution >= 0.6 is 0 Å². The van der Waals surface area contributed by atoms with Gasteiger partial charge in [0.15, 0.2) is 0 Å². The minimum absolute atomic E-state index is 0.0138. The van der Waals surface area contributed by atoms with Gasteiger partial charge < -0.3 is 9.80 Å². The summed E-state index contributed by atoms with van der Waals surface area (Å²) < 4.78 is 0. The third-order valence-corrected chi connectivity index (χ3v) is 3.69. The molecule has 112 valence electrons. The van der Waals surface area contributed by atoms with Crippen LogP contribution < -0.4 is 5.32 Å². The Hall–Kier alpha value is -0.610. The molecular formula is C15H31N3O. The molecule has 0 aromatic carbocycles. The molecule has 1 rings (SSSR count). The van der Waals surface area contributed by atoms with Gasteiger partial charge in [0.05, 0.1) is 12.2 Å². The molecule has 0 aromatic rings. The lowest BCUT2D eigenvalue weighted by atomic mass is 9.91. The lowest BCUT2D eigenvalue weighted by Crippen LogP contribution is -2.45. The molecule has 0 spiro atoms. The third kappa shape index (κ3) is 4.18. The van der Waals surface area contributed by atoms with Crippen LogP contribution in [0.15, 0.2) is 0 Å². The Morgan fingerprint density at radius 2 is 1.95 bits per heavy atom. The zero-order valence-corrected chi connectivity index (χ0v) is 13.7. The summed E-state index contributed by atoms with van der Waals surface area (Å²) in [7, 11) is 4.17. The molecule has 4 heteroatoms. The summed E-state index contributed by atoms with van der Waals surface area (Å²) in [5.41, 5.74) is 0.111. The van der Waals surface area contributed by atoms with E-state index in [-0.39, 0.29) is 23.5 Å². The average Bonchev–Trinajstić information content (AvgIpc) is 2.54. The van der Waals surface area contributed by atoms with E-state index in [9.17, 15) is 4.79 Å². The van der Waals surface area contributed by atoms with Crippen molar-refractivity contribution in [3.05, 3.63) is 0 Å². The van der Waals surface area contributed by atoms with Crippen molar-refractivity contribution >= 4 is 5.91 Å². The fourth-order valence-corrected chi connectivity index (χ4v) is 3.07. The molecule has 0 bridgehead atoms. The maximum absolute atomic E-state index is 12.5. The highest BCUT2D eigenvalue weighted by atomic mass is 16.2. The zero-order valence-electron chi connectivity index (χ0n) is 13.7. The Morgan fingerprint density at radius 3 is 2.37 bits per heavy atom. The molecule has 0 saturated carbocycles. The molecule has 1 saturated heterocycles. The fourth-order valence-electron chi connectivity index (χ4n) is 3.07. The lowest BCUT2D eigenvalue weighted by molar-refractivity contribution is -0.132. The predicted octanol–water partition coefficient (Wildman–Crippen LogP) is 1.77. The fraction of sp³-hybridized carbons (Fsp3) is 0.933. The molecule has 1 aliphatic heterocycles. The molecule has 1 aliphatic rings. The predicted molar refractivity (Wildman–Crippen MR) is 79.9 cm³/mol. The Kier molecular flexibility index (Phi) is 5.39. The molecule has 1 fully saturated rings. The summed E-state index contributed by atoms with van der Waals surface area (Å²) in [5.74, 6) is 0.622. The first-order valence-corrected chi connectivity index (χ1v) is 7.39. The van der Waals surface area contributed by atoms with E-state index in [0.29, 0.717) is 5.92 Å². The van der Waals surface area contributed by atoms with E-state index in [0.717, 1.165) is 19.5 Å². The van der Waals surface area contributed by atoms with Gasteiger partial charge in [0, 0.05) is 13.1 Å². The smallest absolute Gasteiger partial charge is 0.241 e. The molecule has 0 aromatic heterocycles. The SMILES string of the molecule is CCC1NC(C(C)C)C(=O)N1CC(C)(C)CN(C)C. The quantitative estimate of drug-likeness (QED) is 0.798. The number of nitrogens with zero attached hydrogens (tertiary/aromatic N) is 2. The normalized spacial score (nSPS) is 24.9. The zero-order chi connectivity index (χ0) is 14.8. The molecule has 2 atom stereocenters. The number of rotatable bonds is 6. The van der Waals surface area contributed by atoms with Crippen molar-refractivity contribution in [2.24, 2.45) is 11.3 Å². The number of hydrogen-bond donors (Lipinski definition) is 1. The highest BCUT2D eigenvalue weighted by Crippen LogP contribution is 2.25. The molecule has 1 N–H and O–H groups in total. The molecule has 1 heterocycles. The van der Waals surface area contributed by atoms with Crippen molar-refractivity contribution < 1.29 is 4.79 Å². The Bertz CT molecular complexity index is 313. The van der Waals surface area contributed by atoms with Crippen LogP contribution in [0.2, 0.25) is 0 Å². The van der Waals surface area contributed by atoms with Gasteiger partial charge in [-0.2, -0.15) is 0 Å². The standard InChI is InChI=1S/C15H31N3O/c1-8-12-16-13(11(2)3)14(19)18(12)10-15(4,5)9-17(6)7/h11-13,16H,8-10H2,1-7H3. The van der Waals surface area contributed by atoms with E-state index in [1.54, 1.807) is 0 Å². The van der Waals surface area contributed by atoms with Crippen molar-refractivity contribution in [3.63, 3.8) is 0 Å². The Balaban J connectivity index is 2.77. The van der Waals surface area contributed by atoms with Gasteiger partial charge in [-0.25, -0.2) is 0 Å². The maximum Gasteiger partial charge on any atom is 0.241 e. The van der Waals surface area contributed by atoms with E-state index < -0.39 is 0 Å². The van der Waals surface area contributed by atoms with Crippen molar-refractivity contribution in [1.82, 2.24) is 15.1 Å². The molecule has 2 unspecified atom stereocenters. The first-order valence-electron chi connectivity index (χ1n) is 7.39. The lowest BCUT2D eigenvalue weighted by Gasteiger charge is -2.35. The monoisotopic (exact) mass is 269 g/mol. The maximum atomic E-state index is 12.5. The number of carbonyl (C=O) groups excluding carboxylic acids is 1. The molecule has 4 nitrogen and oxygen atoms in total. The van der Waals surface area contributed by atoms with Crippen molar-refractivity contribution in [1.29, 1.82) is 0 Å². The van der Waals surface area contributed by atoms with E-state index in [1.807, 2.05) is 4.90 Å². The van der Waals surface area contributed by atoms with Gasteiger partial charge in [-0.3, -0.25) is 10.1 Å². The van der Waals surface area contributed by atoms with E-state index >= 15 is 0 Å². The number of hydrogen-bond acceptors (Lipinski definition) is 3.